The minimum absolute atomic E-state index is 0.662. The van der Waals surface area contributed by atoms with Gasteiger partial charge in [0.2, 0.25) is 0 Å². The third-order valence-electron chi connectivity index (χ3n) is 13.8. The van der Waals surface area contributed by atoms with Crippen LogP contribution in [0, 0.1) is 27.7 Å². The molecular formula is C72H64N2O2. The van der Waals surface area contributed by atoms with E-state index in [-0.39, 0.29) is 0 Å². The Hall–Kier alpha value is -9.12. The predicted octanol–water partition coefficient (Wildman–Crippen LogP) is 20.0. The molecule has 4 heteroatoms. The molecule has 0 saturated carbocycles. The van der Waals surface area contributed by atoms with E-state index in [0.717, 1.165) is 67.9 Å². The molecule has 0 fully saturated rings. The first-order valence-corrected chi connectivity index (χ1v) is 26.4. The fourth-order valence-corrected chi connectivity index (χ4v) is 9.82. The predicted molar refractivity (Wildman–Crippen MR) is 324 cm³/mol. The summed E-state index contributed by atoms with van der Waals surface area (Å²) >= 11 is 0. The SMILES string of the molecule is CCOc1ccc(/C=C/c2ccc(N(c3ccc(-c4ccc(-c5ccc(-c6ccc(N(c7ccc(/C=C/c8ccc(OCC)cc8)cc7)c7ccc(C)cc7C)cc6)cc5)cc4)cc3)c3ccc(C)cc3C)cc2)cc1. The number of hydrogen-bond acceptors (Lipinski definition) is 4. The van der Waals surface area contributed by atoms with Crippen LogP contribution in [0.25, 0.3) is 57.7 Å². The minimum Gasteiger partial charge on any atom is -0.494 e. The van der Waals surface area contributed by atoms with Gasteiger partial charge >= 0.3 is 0 Å². The first-order valence-electron chi connectivity index (χ1n) is 26.4. The van der Waals surface area contributed by atoms with Crippen molar-refractivity contribution in [2.45, 2.75) is 41.5 Å². The van der Waals surface area contributed by atoms with E-state index in [1.165, 1.54) is 55.6 Å². The Kier molecular flexibility index (Phi) is 15.5. The van der Waals surface area contributed by atoms with E-state index < -0.39 is 0 Å². The van der Waals surface area contributed by atoms with E-state index in [0.29, 0.717) is 13.2 Å². The molecule has 76 heavy (non-hydrogen) atoms. The highest BCUT2D eigenvalue weighted by Crippen LogP contribution is 2.40. The zero-order chi connectivity index (χ0) is 52.4. The van der Waals surface area contributed by atoms with Crippen molar-refractivity contribution < 1.29 is 9.47 Å². The Labute approximate surface area is 450 Å². The van der Waals surface area contributed by atoms with Crippen molar-refractivity contribution in [1.29, 1.82) is 0 Å². The summed E-state index contributed by atoms with van der Waals surface area (Å²) in [6, 6.07) is 83.0. The van der Waals surface area contributed by atoms with Gasteiger partial charge in [-0.2, -0.15) is 0 Å². The Morgan fingerprint density at radius 2 is 0.526 bits per heavy atom. The molecule has 0 unspecified atom stereocenters. The van der Waals surface area contributed by atoms with Crippen molar-refractivity contribution in [3.8, 4) is 44.9 Å². The van der Waals surface area contributed by atoms with Crippen molar-refractivity contribution >= 4 is 58.4 Å². The van der Waals surface area contributed by atoms with Gasteiger partial charge in [-0.3, -0.25) is 0 Å². The van der Waals surface area contributed by atoms with Crippen LogP contribution >= 0.6 is 0 Å². The van der Waals surface area contributed by atoms with Crippen LogP contribution < -0.4 is 19.3 Å². The van der Waals surface area contributed by atoms with Crippen molar-refractivity contribution in [1.82, 2.24) is 0 Å². The molecule has 10 aromatic carbocycles. The van der Waals surface area contributed by atoms with Crippen molar-refractivity contribution in [3.05, 3.63) is 275 Å². The lowest BCUT2D eigenvalue weighted by Crippen LogP contribution is -2.11. The summed E-state index contributed by atoms with van der Waals surface area (Å²) in [6.07, 6.45) is 8.60. The molecule has 0 aliphatic carbocycles. The van der Waals surface area contributed by atoms with Gasteiger partial charge in [-0.15, -0.1) is 0 Å². The lowest BCUT2D eigenvalue weighted by molar-refractivity contribution is 0.340. The Morgan fingerprint density at radius 1 is 0.289 bits per heavy atom. The van der Waals surface area contributed by atoms with Crippen LogP contribution in [-0.2, 0) is 0 Å². The van der Waals surface area contributed by atoms with E-state index in [2.05, 4.69) is 268 Å². The molecule has 0 aliphatic rings. The van der Waals surface area contributed by atoms with Crippen molar-refractivity contribution in [2.75, 3.05) is 23.0 Å². The van der Waals surface area contributed by atoms with Gasteiger partial charge in [-0.1, -0.05) is 181 Å². The quantitative estimate of drug-likeness (QED) is 0.0849. The molecular weight excluding hydrogens is 925 g/mol. The highest BCUT2D eigenvalue weighted by atomic mass is 16.5. The number of ether oxygens (including phenoxy) is 2. The smallest absolute Gasteiger partial charge is 0.119 e. The molecule has 0 N–H and O–H groups in total. The standard InChI is InChI=1S/C72H64N2O2/c1-7-75-69-43-19-57(20-44-69)13-11-55-15-35-65(36-16-55)73(71-47-9-51(3)49-53(71)5)67-39-31-63(32-40-67)61-27-23-59(24-28-61)60-25-29-62(30-26-60)64-33-41-68(42-34-64)74(72-48-10-52(4)50-54(72)6)66-37-17-56(18-38-66)12-14-58-21-45-70(46-22-58)76-8-2/h9-50H,7-8H2,1-6H3/b13-11+,14-12+. The molecule has 0 amide bonds. The monoisotopic (exact) mass is 988 g/mol. The molecule has 0 aromatic heterocycles. The maximum absolute atomic E-state index is 5.62. The van der Waals surface area contributed by atoms with E-state index in [9.17, 15) is 0 Å². The fraction of sp³-hybridized carbons (Fsp3) is 0.111. The highest BCUT2D eigenvalue weighted by Gasteiger charge is 2.17. The number of anilines is 6. The summed E-state index contributed by atoms with van der Waals surface area (Å²) in [7, 11) is 0. The van der Waals surface area contributed by atoms with Gasteiger partial charge in [-0.25, -0.2) is 0 Å². The summed E-state index contributed by atoms with van der Waals surface area (Å²) in [5.74, 6) is 1.78. The topological polar surface area (TPSA) is 24.9 Å². The maximum atomic E-state index is 5.62. The average Bonchev–Trinajstić information content (AvgIpc) is 3.46. The van der Waals surface area contributed by atoms with Gasteiger partial charge in [0.25, 0.3) is 0 Å². The average molecular weight is 989 g/mol. The number of rotatable bonds is 17. The van der Waals surface area contributed by atoms with Gasteiger partial charge < -0.3 is 19.3 Å². The highest BCUT2D eigenvalue weighted by molar-refractivity contribution is 5.84. The van der Waals surface area contributed by atoms with Gasteiger partial charge in [0.05, 0.1) is 13.2 Å². The summed E-state index contributed by atoms with van der Waals surface area (Å²) in [5.41, 5.74) is 23.3. The van der Waals surface area contributed by atoms with Crippen LogP contribution in [0.3, 0.4) is 0 Å². The molecule has 10 aromatic rings. The zero-order valence-electron chi connectivity index (χ0n) is 44.4. The molecule has 374 valence electrons. The van der Waals surface area contributed by atoms with E-state index in [1.807, 2.05) is 38.1 Å². The minimum atomic E-state index is 0.662. The lowest BCUT2D eigenvalue weighted by Gasteiger charge is -2.27. The fourth-order valence-electron chi connectivity index (χ4n) is 9.82. The normalized spacial score (nSPS) is 11.3. The largest absolute Gasteiger partial charge is 0.494 e. The molecule has 0 saturated heterocycles. The molecule has 0 bridgehead atoms. The molecule has 0 heterocycles. The molecule has 0 atom stereocenters. The summed E-state index contributed by atoms with van der Waals surface area (Å²) in [6.45, 7) is 14.0. The summed E-state index contributed by atoms with van der Waals surface area (Å²) in [5, 5.41) is 0. The van der Waals surface area contributed by atoms with Gasteiger partial charge in [0.15, 0.2) is 0 Å². The van der Waals surface area contributed by atoms with E-state index in [1.54, 1.807) is 0 Å². The number of hydrogen-bond donors (Lipinski definition) is 0. The van der Waals surface area contributed by atoms with Crippen molar-refractivity contribution in [3.63, 3.8) is 0 Å². The van der Waals surface area contributed by atoms with Crippen LogP contribution in [0.4, 0.5) is 34.1 Å². The van der Waals surface area contributed by atoms with E-state index in [4.69, 9.17) is 9.47 Å². The number of aryl methyl sites for hydroxylation is 4. The van der Waals surface area contributed by atoms with Crippen LogP contribution in [-0.4, -0.2) is 13.2 Å². The van der Waals surface area contributed by atoms with E-state index >= 15 is 0 Å². The Bertz CT molecular complexity index is 3330. The third kappa shape index (κ3) is 11.9. The van der Waals surface area contributed by atoms with Crippen LogP contribution in [0.5, 0.6) is 11.5 Å². The van der Waals surface area contributed by atoms with Crippen molar-refractivity contribution in [2.24, 2.45) is 0 Å². The van der Waals surface area contributed by atoms with Gasteiger partial charge in [-0.05, 0) is 193 Å². The van der Waals surface area contributed by atoms with Crippen LogP contribution in [0.1, 0.15) is 58.4 Å². The number of nitrogens with zero attached hydrogens (tertiary/aromatic N) is 2. The molecule has 0 spiro atoms. The Balaban J connectivity index is 0.828. The first-order chi connectivity index (χ1) is 37.2. The second kappa shape index (κ2) is 23.4. The van der Waals surface area contributed by atoms with Gasteiger partial charge in [0.1, 0.15) is 11.5 Å². The molecule has 0 radical (unpaired) electrons. The third-order valence-corrected chi connectivity index (χ3v) is 13.8. The maximum Gasteiger partial charge on any atom is 0.119 e. The summed E-state index contributed by atoms with van der Waals surface area (Å²) < 4.78 is 11.2. The Morgan fingerprint density at radius 3 is 0.776 bits per heavy atom. The molecule has 0 aliphatic heterocycles. The van der Waals surface area contributed by atoms with Crippen LogP contribution in [0.15, 0.2) is 231 Å². The number of benzene rings is 10. The van der Waals surface area contributed by atoms with Gasteiger partial charge in [0, 0.05) is 34.1 Å². The lowest BCUT2D eigenvalue weighted by atomic mass is 9.97. The van der Waals surface area contributed by atoms with Crippen LogP contribution in [0.2, 0.25) is 0 Å². The second-order valence-electron chi connectivity index (χ2n) is 19.4. The summed E-state index contributed by atoms with van der Waals surface area (Å²) in [4.78, 5) is 4.71. The zero-order valence-corrected chi connectivity index (χ0v) is 44.4. The molecule has 10 rings (SSSR count). The molecule has 4 nitrogen and oxygen atoms in total. The first kappa shape index (κ1) is 50.4. The second-order valence-corrected chi connectivity index (χ2v) is 19.4.